The van der Waals surface area contributed by atoms with Crippen LogP contribution in [0, 0.1) is 5.92 Å². The van der Waals surface area contributed by atoms with Crippen molar-refractivity contribution in [2.45, 2.75) is 25.2 Å². The highest BCUT2D eigenvalue weighted by molar-refractivity contribution is 9.10. The molecule has 2 atom stereocenters. The Morgan fingerprint density at radius 3 is 3.11 bits per heavy atom. The zero-order valence-corrected chi connectivity index (χ0v) is 11.1. The first kappa shape index (κ1) is 11.6. The average molecular weight is 310 g/mol. The lowest BCUT2D eigenvalue weighted by atomic mass is 9.96. The van der Waals surface area contributed by atoms with Gasteiger partial charge in [-0.25, -0.2) is 9.97 Å². The molecule has 1 saturated carbocycles. The van der Waals surface area contributed by atoms with Gasteiger partial charge in [0.1, 0.15) is 5.82 Å². The van der Waals surface area contributed by atoms with Crippen molar-refractivity contribution in [2.75, 3.05) is 0 Å². The van der Waals surface area contributed by atoms with Crippen LogP contribution in [-0.2, 0) is 4.79 Å². The minimum absolute atomic E-state index is 0.0181. The van der Waals surface area contributed by atoms with Crippen molar-refractivity contribution < 1.29 is 9.90 Å². The third-order valence-electron chi connectivity index (χ3n) is 3.51. The van der Waals surface area contributed by atoms with E-state index in [1.54, 1.807) is 6.20 Å². The van der Waals surface area contributed by atoms with Crippen LogP contribution in [-0.4, -0.2) is 26.0 Å². The number of imidazole rings is 1. The topological polar surface area (TPSA) is 78.9 Å². The second kappa shape index (κ2) is 4.35. The van der Waals surface area contributed by atoms with Gasteiger partial charge in [0.2, 0.25) is 0 Å². The van der Waals surface area contributed by atoms with Gasteiger partial charge in [0.25, 0.3) is 0 Å². The van der Waals surface area contributed by atoms with Gasteiger partial charge in [0.05, 0.1) is 11.4 Å². The van der Waals surface area contributed by atoms with Crippen LogP contribution < -0.4 is 0 Å². The van der Waals surface area contributed by atoms with Crippen molar-refractivity contribution in [3.63, 3.8) is 0 Å². The number of carboxylic acids is 1. The second-order valence-corrected chi connectivity index (χ2v) is 5.54. The lowest BCUT2D eigenvalue weighted by Crippen LogP contribution is -2.17. The van der Waals surface area contributed by atoms with Crippen LogP contribution in [0.2, 0.25) is 0 Å². The van der Waals surface area contributed by atoms with Crippen LogP contribution in [0.25, 0.3) is 11.2 Å². The summed E-state index contributed by atoms with van der Waals surface area (Å²) in [5.41, 5.74) is 1.49. The molecule has 0 aromatic carbocycles. The largest absolute Gasteiger partial charge is 0.481 e. The minimum atomic E-state index is -0.730. The van der Waals surface area contributed by atoms with Crippen molar-refractivity contribution in [2.24, 2.45) is 5.92 Å². The fourth-order valence-corrected chi connectivity index (χ4v) is 2.98. The third-order valence-corrected chi connectivity index (χ3v) is 3.94. The van der Waals surface area contributed by atoms with Crippen molar-refractivity contribution in [1.29, 1.82) is 0 Å². The van der Waals surface area contributed by atoms with E-state index in [0.29, 0.717) is 5.65 Å². The highest BCUT2D eigenvalue weighted by Gasteiger charge is 2.35. The summed E-state index contributed by atoms with van der Waals surface area (Å²) >= 11 is 3.36. The van der Waals surface area contributed by atoms with Gasteiger partial charge in [0.15, 0.2) is 5.65 Å². The molecule has 2 heterocycles. The van der Waals surface area contributed by atoms with Crippen LogP contribution in [0.5, 0.6) is 0 Å². The van der Waals surface area contributed by atoms with Crippen molar-refractivity contribution in [3.8, 4) is 0 Å². The number of nitrogens with one attached hydrogen (secondary N) is 1. The van der Waals surface area contributed by atoms with Crippen LogP contribution in [0.1, 0.15) is 31.0 Å². The van der Waals surface area contributed by atoms with Gasteiger partial charge in [0, 0.05) is 16.6 Å². The van der Waals surface area contributed by atoms with Gasteiger partial charge < -0.3 is 10.1 Å². The molecule has 5 nitrogen and oxygen atoms in total. The van der Waals surface area contributed by atoms with E-state index < -0.39 is 5.97 Å². The molecule has 6 heteroatoms. The Hall–Kier alpha value is -1.43. The molecule has 94 valence electrons. The minimum Gasteiger partial charge on any atom is -0.481 e. The fourth-order valence-electron chi connectivity index (χ4n) is 2.65. The number of H-pyrrole nitrogens is 1. The first-order valence-electron chi connectivity index (χ1n) is 5.89. The molecule has 1 aliphatic rings. The standard InChI is InChI=1S/C12H12BrN3O2/c13-6-4-9-11(14-5-6)16-10(15-9)7-2-1-3-8(7)12(17)18/h4-5,7-8H,1-3H2,(H,17,18)(H,14,15,16). The summed E-state index contributed by atoms with van der Waals surface area (Å²) in [4.78, 5) is 23.0. The molecule has 2 N–H and O–H groups in total. The number of aliphatic carboxylic acids is 1. The number of halogens is 1. The molecule has 0 bridgehead atoms. The summed E-state index contributed by atoms with van der Waals surface area (Å²) in [6.07, 6.45) is 4.23. The summed E-state index contributed by atoms with van der Waals surface area (Å²) in [5, 5.41) is 9.20. The maximum Gasteiger partial charge on any atom is 0.307 e. The Kier molecular flexibility index (Phi) is 2.81. The normalized spacial score (nSPS) is 23.6. The van der Waals surface area contributed by atoms with E-state index in [1.165, 1.54) is 0 Å². The molecule has 2 aromatic rings. The van der Waals surface area contributed by atoms with Gasteiger partial charge in [-0.3, -0.25) is 4.79 Å². The van der Waals surface area contributed by atoms with Gasteiger partial charge >= 0.3 is 5.97 Å². The van der Waals surface area contributed by atoms with E-state index in [4.69, 9.17) is 0 Å². The van der Waals surface area contributed by atoms with E-state index in [0.717, 1.165) is 35.1 Å². The Bertz CT molecular complexity index is 610. The molecule has 0 amide bonds. The Balaban J connectivity index is 2.01. The predicted octanol–water partition coefficient (Wildman–Crippen LogP) is 2.69. The molecular weight excluding hydrogens is 298 g/mol. The van der Waals surface area contributed by atoms with E-state index in [2.05, 4.69) is 30.9 Å². The summed E-state index contributed by atoms with van der Waals surface area (Å²) in [5.74, 6) is -0.322. The van der Waals surface area contributed by atoms with E-state index >= 15 is 0 Å². The summed E-state index contributed by atoms with van der Waals surface area (Å²) in [6.45, 7) is 0. The van der Waals surface area contributed by atoms with Gasteiger partial charge in [-0.1, -0.05) is 6.42 Å². The first-order chi connectivity index (χ1) is 8.65. The summed E-state index contributed by atoms with van der Waals surface area (Å²) < 4.78 is 0.881. The molecule has 3 rings (SSSR count). The maximum absolute atomic E-state index is 11.2. The van der Waals surface area contributed by atoms with Crippen molar-refractivity contribution >= 4 is 33.1 Å². The number of pyridine rings is 1. The molecule has 0 aliphatic heterocycles. The predicted molar refractivity (Wildman–Crippen MR) is 69.3 cm³/mol. The Labute approximate surface area is 112 Å². The SMILES string of the molecule is O=C(O)C1CCCC1c1nc2ncc(Br)cc2[nH]1. The van der Waals surface area contributed by atoms with Crippen molar-refractivity contribution in [1.82, 2.24) is 15.0 Å². The molecule has 1 aliphatic carbocycles. The zero-order chi connectivity index (χ0) is 12.7. The maximum atomic E-state index is 11.2. The molecule has 0 saturated heterocycles. The average Bonchev–Trinajstić information content (AvgIpc) is 2.93. The molecule has 0 spiro atoms. The van der Waals surface area contributed by atoms with E-state index in [9.17, 15) is 9.90 Å². The summed E-state index contributed by atoms with van der Waals surface area (Å²) in [7, 11) is 0. The van der Waals surface area contributed by atoms with Gasteiger partial charge in [-0.2, -0.15) is 0 Å². The molecule has 1 fully saturated rings. The zero-order valence-electron chi connectivity index (χ0n) is 9.56. The van der Waals surface area contributed by atoms with Crippen LogP contribution >= 0.6 is 15.9 Å². The molecule has 0 radical (unpaired) electrons. The highest BCUT2D eigenvalue weighted by atomic mass is 79.9. The molecule has 2 aromatic heterocycles. The number of hydrogen-bond donors (Lipinski definition) is 2. The molecule has 18 heavy (non-hydrogen) atoms. The third kappa shape index (κ3) is 1.90. The van der Waals surface area contributed by atoms with Gasteiger partial charge in [-0.05, 0) is 34.8 Å². The monoisotopic (exact) mass is 309 g/mol. The quantitative estimate of drug-likeness (QED) is 0.894. The van der Waals surface area contributed by atoms with E-state index in [1.807, 2.05) is 6.07 Å². The first-order valence-corrected chi connectivity index (χ1v) is 6.68. The number of carbonyl (C=O) groups is 1. The lowest BCUT2D eigenvalue weighted by molar-refractivity contribution is -0.142. The fraction of sp³-hybridized carbons (Fsp3) is 0.417. The van der Waals surface area contributed by atoms with E-state index in [-0.39, 0.29) is 11.8 Å². The van der Waals surface area contributed by atoms with Crippen LogP contribution in [0.3, 0.4) is 0 Å². The highest BCUT2D eigenvalue weighted by Crippen LogP contribution is 2.39. The van der Waals surface area contributed by atoms with Crippen LogP contribution in [0.15, 0.2) is 16.7 Å². The van der Waals surface area contributed by atoms with Crippen LogP contribution in [0.4, 0.5) is 0 Å². The number of aromatic nitrogens is 3. The Morgan fingerprint density at radius 1 is 1.50 bits per heavy atom. The molecular formula is C12H12BrN3O2. The number of nitrogens with zero attached hydrogens (tertiary/aromatic N) is 2. The van der Waals surface area contributed by atoms with Gasteiger partial charge in [-0.15, -0.1) is 0 Å². The number of carboxylic acid groups (broad SMARTS) is 1. The number of rotatable bonds is 2. The number of hydrogen-bond acceptors (Lipinski definition) is 3. The Morgan fingerprint density at radius 2 is 2.33 bits per heavy atom. The lowest BCUT2D eigenvalue weighted by Gasteiger charge is -2.12. The smallest absolute Gasteiger partial charge is 0.307 e. The summed E-state index contributed by atoms with van der Waals surface area (Å²) in [6, 6.07) is 1.91. The van der Waals surface area contributed by atoms with Crippen molar-refractivity contribution in [3.05, 3.63) is 22.6 Å². The number of aromatic amines is 1. The number of fused-ring (bicyclic) bond motifs is 1. The molecule has 2 unspecified atom stereocenters. The second-order valence-electron chi connectivity index (χ2n) is 4.63.